The Morgan fingerprint density at radius 2 is 1.27 bits per heavy atom. The predicted molar refractivity (Wildman–Crippen MR) is 78.3 cm³/mol. The van der Waals surface area contributed by atoms with E-state index in [0.29, 0.717) is 5.57 Å². The standard InChI is InChI=1S/C13H21NO7Si/c1-9(2)13(18)14(6)7-8-22(19-10(3)15,20-11(4)16)21-12(5)17/h1,7-8H2,2-6H3. The van der Waals surface area contributed by atoms with Gasteiger partial charge < -0.3 is 18.2 Å². The number of carbonyl (C=O) groups excluding carboxylic acids is 4. The van der Waals surface area contributed by atoms with E-state index >= 15 is 0 Å². The molecule has 0 unspecified atom stereocenters. The molecule has 0 aromatic rings. The van der Waals surface area contributed by atoms with Crippen molar-refractivity contribution in [3.63, 3.8) is 0 Å². The highest BCUT2D eigenvalue weighted by Crippen LogP contribution is 2.18. The fraction of sp³-hybridized carbons (Fsp3) is 0.538. The lowest BCUT2D eigenvalue weighted by molar-refractivity contribution is -0.147. The molecule has 1 amide bonds. The Kier molecular flexibility index (Phi) is 7.50. The van der Waals surface area contributed by atoms with Crippen LogP contribution in [0.25, 0.3) is 0 Å². The number of likely N-dealkylation sites (N-methyl/N-ethyl adjacent to an activating group) is 1. The van der Waals surface area contributed by atoms with Gasteiger partial charge in [-0.25, -0.2) is 0 Å². The molecule has 0 radical (unpaired) electrons. The molecule has 0 saturated heterocycles. The van der Waals surface area contributed by atoms with Gasteiger partial charge in [-0.05, 0) is 6.92 Å². The Bertz CT molecular complexity index is 448. The van der Waals surface area contributed by atoms with Crippen molar-refractivity contribution in [3.8, 4) is 0 Å². The van der Waals surface area contributed by atoms with Gasteiger partial charge in [-0.15, -0.1) is 0 Å². The molecule has 0 aliphatic carbocycles. The number of carbonyl (C=O) groups is 4. The molecule has 0 spiro atoms. The summed E-state index contributed by atoms with van der Waals surface area (Å²) in [4.78, 5) is 46.8. The maximum Gasteiger partial charge on any atom is 0.706 e. The van der Waals surface area contributed by atoms with Crippen LogP contribution in [0.2, 0.25) is 6.04 Å². The van der Waals surface area contributed by atoms with Gasteiger partial charge in [0, 0.05) is 39.9 Å². The molecule has 0 saturated carbocycles. The number of nitrogens with zero attached hydrogens (tertiary/aromatic N) is 1. The highest BCUT2D eigenvalue weighted by atomic mass is 28.4. The van der Waals surface area contributed by atoms with Crippen LogP contribution in [0.5, 0.6) is 0 Å². The van der Waals surface area contributed by atoms with Crippen molar-refractivity contribution in [3.05, 3.63) is 12.2 Å². The molecule has 0 aliphatic heterocycles. The molecule has 0 rings (SSSR count). The first kappa shape index (κ1) is 19.8. The zero-order chi connectivity index (χ0) is 17.5. The number of amides is 1. The largest absolute Gasteiger partial charge is 0.706 e. The minimum absolute atomic E-state index is 0.0613. The quantitative estimate of drug-likeness (QED) is 0.499. The molecule has 0 atom stereocenters. The monoisotopic (exact) mass is 331 g/mol. The van der Waals surface area contributed by atoms with E-state index in [4.69, 9.17) is 13.3 Å². The van der Waals surface area contributed by atoms with Gasteiger partial charge in [-0.3, -0.25) is 19.2 Å². The van der Waals surface area contributed by atoms with E-state index in [9.17, 15) is 19.2 Å². The van der Waals surface area contributed by atoms with E-state index < -0.39 is 26.7 Å². The normalized spacial score (nSPS) is 10.4. The smallest absolute Gasteiger partial charge is 0.455 e. The van der Waals surface area contributed by atoms with Gasteiger partial charge in [0.05, 0.1) is 6.04 Å². The van der Waals surface area contributed by atoms with E-state index in [1.54, 1.807) is 6.92 Å². The Labute approximate surface area is 130 Å². The van der Waals surface area contributed by atoms with Gasteiger partial charge in [0.25, 0.3) is 17.9 Å². The summed E-state index contributed by atoms with van der Waals surface area (Å²) in [5.74, 6) is -2.56. The lowest BCUT2D eigenvalue weighted by Gasteiger charge is -2.28. The molecule has 22 heavy (non-hydrogen) atoms. The Hall–Kier alpha value is -2.16. The van der Waals surface area contributed by atoms with Gasteiger partial charge in [-0.1, -0.05) is 6.58 Å². The topological polar surface area (TPSA) is 99.2 Å². The van der Waals surface area contributed by atoms with Gasteiger partial charge in [0.1, 0.15) is 0 Å². The van der Waals surface area contributed by atoms with Crippen molar-refractivity contribution in [1.29, 1.82) is 0 Å². The minimum Gasteiger partial charge on any atom is -0.455 e. The Morgan fingerprint density at radius 1 is 0.909 bits per heavy atom. The third kappa shape index (κ3) is 7.02. The lowest BCUT2D eigenvalue weighted by Crippen LogP contribution is -2.51. The average Bonchev–Trinajstić information content (AvgIpc) is 2.32. The van der Waals surface area contributed by atoms with Crippen LogP contribution in [0, 0.1) is 0 Å². The van der Waals surface area contributed by atoms with Gasteiger partial charge >= 0.3 is 8.80 Å². The minimum atomic E-state index is -3.90. The van der Waals surface area contributed by atoms with Crippen molar-refractivity contribution >= 4 is 32.6 Å². The molecule has 0 bridgehead atoms. The van der Waals surface area contributed by atoms with Crippen LogP contribution >= 0.6 is 0 Å². The fourth-order valence-corrected chi connectivity index (χ4v) is 3.96. The van der Waals surface area contributed by atoms with Crippen LogP contribution < -0.4 is 0 Å². The van der Waals surface area contributed by atoms with Crippen molar-refractivity contribution in [2.45, 2.75) is 33.7 Å². The second kappa shape index (κ2) is 8.32. The molecule has 9 heteroatoms. The summed E-state index contributed by atoms with van der Waals surface area (Å²) in [6, 6.07) is -0.0960. The molecule has 0 fully saturated rings. The average molecular weight is 331 g/mol. The summed E-state index contributed by atoms with van der Waals surface area (Å²) in [5, 5.41) is 0. The van der Waals surface area contributed by atoms with E-state index in [0.717, 1.165) is 20.8 Å². The zero-order valence-corrected chi connectivity index (χ0v) is 14.4. The summed E-state index contributed by atoms with van der Waals surface area (Å²) in [5.41, 5.74) is 0.322. The molecule has 0 aliphatic rings. The number of hydrogen-bond acceptors (Lipinski definition) is 7. The summed E-state index contributed by atoms with van der Waals surface area (Å²) >= 11 is 0. The second-order valence-electron chi connectivity index (χ2n) is 4.72. The zero-order valence-electron chi connectivity index (χ0n) is 13.4. The van der Waals surface area contributed by atoms with Gasteiger partial charge in [0.15, 0.2) is 0 Å². The summed E-state index contributed by atoms with van der Waals surface area (Å²) in [7, 11) is -2.39. The first-order valence-corrected chi connectivity index (χ1v) is 8.42. The van der Waals surface area contributed by atoms with Crippen molar-refractivity contribution in [1.82, 2.24) is 4.90 Å². The molecule has 0 aromatic heterocycles. The first-order chi connectivity index (χ1) is 9.99. The molecule has 0 heterocycles. The van der Waals surface area contributed by atoms with Gasteiger partial charge in [0.2, 0.25) is 5.91 Å². The maximum atomic E-state index is 11.7. The van der Waals surface area contributed by atoms with E-state index in [-0.39, 0.29) is 18.5 Å². The Balaban J connectivity index is 5.22. The van der Waals surface area contributed by atoms with Crippen LogP contribution in [0.4, 0.5) is 0 Å². The van der Waals surface area contributed by atoms with Crippen molar-refractivity contribution in [2.75, 3.05) is 13.6 Å². The third-order valence-electron chi connectivity index (χ3n) is 2.36. The molecule has 8 nitrogen and oxygen atoms in total. The second-order valence-corrected chi connectivity index (χ2v) is 7.20. The van der Waals surface area contributed by atoms with Crippen molar-refractivity contribution in [2.24, 2.45) is 0 Å². The number of hydrogen-bond donors (Lipinski definition) is 0. The molecule has 124 valence electrons. The first-order valence-electron chi connectivity index (χ1n) is 6.49. The maximum absolute atomic E-state index is 11.7. The van der Waals surface area contributed by atoms with Crippen LogP contribution in [0.3, 0.4) is 0 Å². The predicted octanol–water partition coefficient (Wildman–Crippen LogP) is 0.649. The van der Waals surface area contributed by atoms with E-state index in [1.165, 1.54) is 11.9 Å². The SMILES string of the molecule is C=C(C)C(=O)N(C)CC[Si](OC(C)=O)(OC(C)=O)OC(C)=O. The molecular weight excluding hydrogens is 310 g/mol. The fourth-order valence-electron chi connectivity index (χ4n) is 1.60. The summed E-state index contributed by atoms with van der Waals surface area (Å²) in [6.07, 6.45) is 0. The van der Waals surface area contributed by atoms with Gasteiger partial charge in [-0.2, -0.15) is 0 Å². The summed E-state index contributed by atoms with van der Waals surface area (Å²) in [6.45, 7) is 8.47. The molecular formula is C13H21NO7Si. The van der Waals surface area contributed by atoms with Crippen LogP contribution in [0.1, 0.15) is 27.7 Å². The van der Waals surface area contributed by atoms with Crippen LogP contribution in [0.15, 0.2) is 12.2 Å². The molecule has 0 aromatic carbocycles. The third-order valence-corrected chi connectivity index (χ3v) is 4.99. The van der Waals surface area contributed by atoms with Crippen LogP contribution in [-0.4, -0.2) is 51.1 Å². The highest BCUT2D eigenvalue weighted by Gasteiger charge is 2.51. The Morgan fingerprint density at radius 3 is 1.55 bits per heavy atom. The number of rotatable bonds is 7. The summed E-state index contributed by atoms with van der Waals surface area (Å²) < 4.78 is 15.0. The van der Waals surface area contributed by atoms with Crippen LogP contribution in [-0.2, 0) is 32.5 Å². The highest BCUT2D eigenvalue weighted by molar-refractivity contribution is 6.65. The van der Waals surface area contributed by atoms with E-state index in [1.807, 2.05) is 0 Å². The molecule has 0 N–H and O–H groups in total. The lowest BCUT2D eigenvalue weighted by atomic mass is 10.3. The van der Waals surface area contributed by atoms with Crippen molar-refractivity contribution < 1.29 is 32.5 Å². The van der Waals surface area contributed by atoms with E-state index in [2.05, 4.69) is 6.58 Å².